The summed E-state index contributed by atoms with van der Waals surface area (Å²) in [5.74, 6) is -1.71. The Bertz CT molecular complexity index is 1120. The summed E-state index contributed by atoms with van der Waals surface area (Å²) in [5.41, 5.74) is 3.18. The Morgan fingerprint density at radius 2 is 1.58 bits per heavy atom. The Labute approximate surface area is 181 Å². The van der Waals surface area contributed by atoms with Gasteiger partial charge in [0.1, 0.15) is 11.4 Å². The minimum Gasteiger partial charge on any atom is -0.364 e. The largest absolute Gasteiger partial charge is 0.434 e. The fraction of sp³-hybridized carbons (Fsp3) is 0.316. The molecule has 0 radical (unpaired) electrons. The fourth-order valence-corrected chi connectivity index (χ4v) is 2.94. The molecule has 0 saturated carbocycles. The number of alkyl halides is 6. The number of carbonyl (C=O) groups is 1. The number of aryl methyl sites for hydroxylation is 2. The predicted molar refractivity (Wildman–Crippen MR) is 98.9 cm³/mol. The number of rotatable bonds is 2. The van der Waals surface area contributed by atoms with Gasteiger partial charge in [0.25, 0.3) is 5.91 Å². The number of hydrogen-bond donors (Lipinski definition) is 1. The van der Waals surface area contributed by atoms with Crippen molar-refractivity contribution in [1.82, 2.24) is 24.7 Å². The number of nitrogens with two attached hydrogens (primary N) is 1. The summed E-state index contributed by atoms with van der Waals surface area (Å²) in [7, 11) is 0. The maximum absolute atomic E-state index is 13.7. The van der Waals surface area contributed by atoms with Crippen molar-refractivity contribution in [2.24, 2.45) is 5.73 Å². The first-order chi connectivity index (χ1) is 15.4. The molecule has 3 aromatic heterocycles. The number of hydrogen-bond acceptors (Lipinski definition) is 5. The predicted octanol–water partition coefficient (Wildman–Crippen LogP) is 4.03. The van der Waals surface area contributed by atoms with Crippen LogP contribution in [-0.4, -0.2) is 30.6 Å². The van der Waals surface area contributed by atoms with Gasteiger partial charge in [0.2, 0.25) is 0 Å². The molecule has 0 saturated heterocycles. The van der Waals surface area contributed by atoms with Crippen molar-refractivity contribution >= 4 is 5.91 Å². The second kappa shape index (κ2) is 9.11. The highest BCUT2D eigenvalue weighted by atomic mass is 19.4. The third-order valence-corrected chi connectivity index (χ3v) is 4.53. The van der Waals surface area contributed by atoms with E-state index in [0.717, 1.165) is 25.0 Å². The average Bonchev–Trinajstić information content (AvgIpc) is 3.17. The lowest BCUT2D eigenvalue weighted by Crippen LogP contribution is -2.15. The number of nitrogens with zero attached hydrogens (tertiary/aromatic N) is 5. The van der Waals surface area contributed by atoms with Gasteiger partial charge in [-0.15, -0.1) is 0 Å². The molecule has 2 N–H and O–H groups in total. The SMILES string of the molecule is Fc1cnc(C(F)(F)F)cc1-c1cc2n(n1)CCCC2.NC(=O)c1cnc(C(F)(F)F)cn1. The first kappa shape index (κ1) is 24.1. The number of aromatic nitrogens is 5. The van der Waals surface area contributed by atoms with Gasteiger partial charge in [-0.25, -0.2) is 19.3 Å². The van der Waals surface area contributed by atoms with Gasteiger partial charge in [-0.05, 0) is 31.4 Å². The van der Waals surface area contributed by atoms with Crippen molar-refractivity contribution in [2.75, 3.05) is 0 Å². The maximum atomic E-state index is 13.7. The monoisotopic (exact) mass is 476 g/mol. The quantitative estimate of drug-likeness (QED) is 0.563. The summed E-state index contributed by atoms with van der Waals surface area (Å²) < 4.78 is 89.1. The third kappa shape index (κ3) is 5.81. The van der Waals surface area contributed by atoms with Crippen molar-refractivity contribution in [2.45, 2.75) is 38.2 Å². The van der Waals surface area contributed by atoms with Gasteiger partial charge in [-0.1, -0.05) is 0 Å². The normalized spacial score (nSPS) is 13.7. The second-order valence-electron chi connectivity index (χ2n) is 6.90. The highest BCUT2D eigenvalue weighted by Crippen LogP contribution is 2.32. The minimum atomic E-state index is -4.60. The van der Waals surface area contributed by atoms with Gasteiger partial charge in [0.05, 0.1) is 24.3 Å². The zero-order valence-corrected chi connectivity index (χ0v) is 16.6. The smallest absolute Gasteiger partial charge is 0.364 e. The van der Waals surface area contributed by atoms with Crippen LogP contribution in [-0.2, 0) is 25.3 Å². The van der Waals surface area contributed by atoms with Gasteiger partial charge in [-0.3, -0.25) is 9.48 Å². The average molecular weight is 476 g/mol. The van der Waals surface area contributed by atoms with E-state index in [2.05, 4.69) is 20.1 Å². The summed E-state index contributed by atoms with van der Waals surface area (Å²) in [4.78, 5) is 19.7. The molecule has 1 aliphatic heterocycles. The van der Waals surface area contributed by atoms with Crippen LogP contribution in [0.5, 0.6) is 0 Å². The van der Waals surface area contributed by atoms with Gasteiger partial charge in [0.15, 0.2) is 11.5 Å². The van der Waals surface area contributed by atoms with Crippen LogP contribution in [0, 0.1) is 5.82 Å². The molecule has 0 atom stereocenters. The molecule has 33 heavy (non-hydrogen) atoms. The molecule has 4 rings (SSSR count). The van der Waals surface area contributed by atoms with Gasteiger partial charge < -0.3 is 5.73 Å². The van der Waals surface area contributed by atoms with E-state index < -0.39 is 35.5 Å². The number of pyridine rings is 1. The van der Waals surface area contributed by atoms with Crippen LogP contribution >= 0.6 is 0 Å². The van der Waals surface area contributed by atoms with E-state index in [9.17, 15) is 35.5 Å². The zero-order chi connectivity index (χ0) is 24.4. The summed E-state index contributed by atoms with van der Waals surface area (Å²) in [6, 6.07) is 2.36. The highest BCUT2D eigenvalue weighted by molar-refractivity contribution is 5.90. The lowest BCUT2D eigenvalue weighted by Gasteiger charge is -2.11. The Hall–Kier alpha value is -3.58. The molecule has 7 nitrogen and oxygen atoms in total. The van der Waals surface area contributed by atoms with Crippen molar-refractivity contribution in [3.8, 4) is 11.3 Å². The third-order valence-electron chi connectivity index (χ3n) is 4.53. The molecular formula is C19H15F7N6O. The number of primary amides is 1. The van der Waals surface area contributed by atoms with E-state index in [1.165, 1.54) is 0 Å². The lowest BCUT2D eigenvalue weighted by atomic mass is 10.1. The molecule has 176 valence electrons. The number of carbonyl (C=O) groups excluding carboxylic acids is 1. The number of fused-ring (bicyclic) bond motifs is 1. The minimum absolute atomic E-state index is 0.158. The molecule has 3 aromatic rings. The molecule has 14 heteroatoms. The molecule has 0 unspecified atom stereocenters. The molecule has 1 amide bonds. The molecular weight excluding hydrogens is 461 g/mol. The Balaban J connectivity index is 0.000000205. The molecule has 0 aliphatic carbocycles. The lowest BCUT2D eigenvalue weighted by molar-refractivity contribution is -0.142. The molecule has 1 aliphatic rings. The number of halogens is 7. The first-order valence-electron chi connectivity index (χ1n) is 9.35. The zero-order valence-electron chi connectivity index (χ0n) is 16.6. The molecule has 0 aromatic carbocycles. The Morgan fingerprint density at radius 1 is 0.909 bits per heavy atom. The fourth-order valence-electron chi connectivity index (χ4n) is 2.94. The van der Waals surface area contributed by atoms with Crippen LogP contribution in [0.2, 0.25) is 0 Å². The summed E-state index contributed by atoms with van der Waals surface area (Å²) in [6.45, 7) is 0.716. The van der Waals surface area contributed by atoms with Gasteiger partial charge in [0, 0.05) is 17.8 Å². The standard InChI is InChI=1S/C13H11F4N3.C6H4F3N3O/c14-10-7-18-12(13(15,16)17)6-9(10)11-5-8-3-1-2-4-20(8)19-11;7-6(8,9)4-2-11-3(1-12-4)5(10)13/h5-7H,1-4H2;1-2H,(H2,10,13). The van der Waals surface area contributed by atoms with E-state index in [1.54, 1.807) is 10.7 Å². The van der Waals surface area contributed by atoms with Crippen molar-refractivity contribution in [3.63, 3.8) is 0 Å². The van der Waals surface area contributed by atoms with E-state index in [1.807, 2.05) is 0 Å². The first-order valence-corrected chi connectivity index (χ1v) is 9.35. The van der Waals surface area contributed by atoms with Crippen LogP contribution in [0.4, 0.5) is 30.7 Å². The topological polar surface area (TPSA) is 99.6 Å². The summed E-state index contributed by atoms with van der Waals surface area (Å²) in [5, 5.41) is 4.19. The van der Waals surface area contributed by atoms with E-state index in [0.29, 0.717) is 31.2 Å². The van der Waals surface area contributed by atoms with E-state index >= 15 is 0 Å². The molecule has 4 heterocycles. The van der Waals surface area contributed by atoms with Crippen LogP contribution in [0.3, 0.4) is 0 Å². The van der Waals surface area contributed by atoms with Crippen molar-refractivity contribution in [3.05, 3.63) is 59.3 Å². The van der Waals surface area contributed by atoms with Crippen molar-refractivity contribution in [1.29, 1.82) is 0 Å². The van der Waals surface area contributed by atoms with Crippen LogP contribution in [0.25, 0.3) is 11.3 Å². The molecule has 0 fully saturated rings. The van der Waals surface area contributed by atoms with Gasteiger partial charge >= 0.3 is 12.4 Å². The molecule has 0 spiro atoms. The van der Waals surface area contributed by atoms with Gasteiger partial charge in [-0.2, -0.15) is 31.4 Å². The second-order valence-corrected chi connectivity index (χ2v) is 6.90. The summed E-state index contributed by atoms with van der Waals surface area (Å²) >= 11 is 0. The number of amides is 1. The van der Waals surface area contributed by atoms with Crippen LogP contribution in [0.1, 0.15) is 40.4 Å². The highest BCUT2D eigenvalue weighted by Gasteiger charge is 2.34. The Kier molecular flexibility index (Phi) is 6.65. The van der Waals surface area contributed by atoms with Crippen molar-refractivity contribution < 1.29 is 35.5 Å². The van der Waals surface area contributed by atoms with E-state index in [-0.39, 0.29) is 17.0 Å². The van der Waals surface area contributed by atoms with Crippen LogP contribution in [0.15, 0.2) is 30.7 Å². The maximum Gasteiger partial charge on any atom is 0.434 e. The summed E-state index contributed by atoms with van der Waals surface area (Å²) in [6.07, 6.45) is -4.61. The van der Waals surface area contributed by atoms with E-state index in [4.69, 9.17) is 5.73 Å². The van der Waals surface area contributed by atoms with Crippen LogP contribution < -0.4 is 5.73 Å². The molecule has 0 bridgehead atoms. The Morgan fingerprint density at radius 3 is 2.12 bits per heavy atom.